The van der Waals surface area contributed by atoms with Crippen LogP contribution in [0.25, 0.3) is 0 Å². The van der Waals surface area contributed by atoms with E-state index in [1.165, 1.54) is 12.3 Å². The number of allylic oxidation sites excluding steroid dienone is 1. The van der Waals surface area contributed by atoms with E-state index in [0.717, 1.165) is 0 Å². The minimum Gasteiger partial charge on any atom is -0.313 e. The standard InChI is InChI=1S/C7H10N2O/c1-4-6(3)9-7(10)8-5-2/h4-5H,1-2H2,3H3,(H,8,10). The molecule has 0 aromatic carbocycles. The molecule has 0 saturated heterocycles. The van der Waals surface area contributed by atoms with Crippen molar-refractivity contribution in [3.63, 3.8) is 0 Å². The van der Waals surface area contributed by atoms with Crippen LogP contribution < -0.4 is 5.32 Å². The second-order valence-electron chi connectivity index (χ2n) is 1.61. The molecule has 2 amide bonds. The molecule has 0 bridgehead atoms. The molecule has 0 aromatic heterocycles. The van der Waals surface area contributed by atoms with Gasteiger partial charge in [-0.1, -0.05) is 13.2 Å². The lowest BCUT2D eigenvalue weighted by Gasteiger charge is -1.91. The van der Waals surface area contributed by atoms with Gasteiger partial charge >= 0.3 is 6.03 Å². The summed E-state index contributed by atoms with van der Waals surface area (Å²) in [6, 6.07) is -0.424. The van der Waals surface area contributed by atoms with Crippen LogP contribution in [0.5, 0.6) is 0 Å². The third-order valence-corrected chi connectivity index (χ3v) is 0.799. The first-order chi connectivity index (χ1) is 4.70. The molecule has 0 aromatic rings. The Balaban J connectivity index is 3.98. The number of rotatable bonds is 2. The van der Waals surface area contributed by atoms with Gasteiger partial charge in [-0.3, -0.25) is 0 Å². The van der Waals surface area contributed by atoms with Crippen LogP contribution in [0.2, 0.25) is 0 Å². The van der Waals surface area contributed by atoms with Crippen LogP contribution in [0.15, 0.2) is 30.4 Å². The molecule has 0 atom stereocenters. The Bertz CT molecular complexity index is 182. The lowest BCUT2D eigenvalue weighted by atomic mass is 10.4. The number of nitrogens with zero attached hydrogens (tertiary/aromatic N) is 1. The van der Waals surface area contributed by atoms with E-state index >= 15 is 0 Å². The van der Waals surface area contributed by atoms with Crippen molar-refractivity contribution < 1.29 is 4.79 Å². The van der Waals surface area contributed by atoms with Crippen LogP contribution in [0.1, 0.15) is 6.92 Å². The first-order valence-corrected chi connectivity index (χ1v) is 2.80. The first kappa shape index (κ1) is 8.62. The largest absolute Gasteiger partial charge is 0.345 e. The van der Waals surface area contributed by atoms with Crippen molar-refractivity contribution >= 4 is 11.7 Å². The predicted molar refractivity (Wildman–Crippen MR) is 42.0 cm³/mol. The number of hydrogen-bond acceptors (Lipinski definition) is 1. The Labute approximate surface area is 60.2 Å². The van der Waals surface area contributed by atoms with Crippen molar-refractivity contribution in [3.05, 3.63) is 25.4 Å². The molecular formula is C7H10N2O. The molecule has 10 heavy (non-hydrogen) atoms. The van der Waals surface area contributed by atoms with Crippen molar-refractivity contribution in [2.45, 2.75) is 6.92 Å². The average Bonchev–Trinajstić information content (AvgIpc) is 1.88. The summed E-state index contributed by atoms with van der Waals surface area (Å²) < 4.78 is 0. The van der Waals surface area contributed by atoms with Gasteiger partial charge in [0.1, 0.15) is 0 Å². The van der Waals surface area contributed by atoms with E-state index in [4.69, 9.17) is 0 Å². The SMILES string of the molecule is C=CNC(=O)N=C(C)C=C. The summed E-state index contributed by atoms with van der Waals surface area (Å²) in [6.07, 6.45) is 2.78. The summed E-state index contributed by atoms with van der Waals surface area (Å²) in [7, 11) is 0. The maximum atomic E-state index is 10.6. The van der Waals surface area contributed by atoms with Gasteiger partial charge < -0.3 is 5.32 Å². The normalized spacial score (nSPS) is 10.3. The van der Waals surface area contributed by atoms with Crippen LogP contribution in [-0.4, -0.2) is 11.7 Å². The van der Waals surface area contributed by atoms with Gasteiger partial charge in [-0.2, -0.15) is 4.99 Å². The summed E-state index contributed by atoms with van der Waals surface area (Å²) in [4.78, 5) is 14.2. The van der Waals surface area contributed by atoms with Gasteiger partial charge in [0.2, 0.25) is 0 Å². The van der Waals surface area contributed by atoms with Gasteiger partial charge in [-0.05, 0) is 19.2 Å². The molecule has 0 aliphatic heterocycles. The molecule has 0 fully saturated rings. The molecule has 0 aliphatic rings. The second kappa shape index (κ2) is 4.49. The topological polar surface area (TPSA) is 41.5 Å². The fraction of sp³-hybridized carbons (Fsp3) is 0.143. The van der Waals surface area contributed by atoms with Gasteiger partial charge in [0, 0.05) is 5.71 Å². The highest BCUT2D eigenvalue weighted by Gasteiger charge is 1.90. The summed E-state index contributed by atoms with van der Waals surface area (Å²) in [5.41, 5.74) is 0.583. The average molecular weight is 138 g/mol. The van der Waals surface area contributed by atoms with E-state index in [0.29, 0.717) is 5.71 Å². The predicted octanol–water partition coefficient (Wildman–Crippen LogP) is 1.49. The van der Waals surface area contributed by atoms with E-state index < -0.39 is 6.03 Å². The van der Waals surface area contributed by atoms with Crippen molar-refractivity contribution in [1.29, 1.82) is 0 Å². The Morgan fingerprint density at radius 3 is 2.60 bits per heavy atom. The lowest BCUT2D eigenvalue weighted by Crippen LogP contribution is -2.12. The number of amides is 2. The zero-order valence-electron chi connectivity index (χ0n) is 5.92. The second-order valence-corrected chi connectivity index (χ2v) is 1.61. The van der Waals surface area contributed by atoms with Crippen molar-refractivity contribution in [2.75, 3.05) is 0 Å². The third-order valence-electron chi connectivity index (χ3n) is 0.799. The minimum atomic E-state index is -0.424. The summed E-state index contributed by atoms with van der Waals surface area (Å²) in [5, 5.41) is 2.30. The molecule has 3 heteroatoms. The van der Waals surface area contributed by atoms with Crippen LogP contribution in [0.4, 0.5) is 4.79 Å². The number of nitrogens with one attached hydrogen (secondary N) is 1. The van der Waals surface area contributed by atoms with Gasteiger partial charge in [0.05, 0.1) is 0 Å². The van der Waals surface area contributed by atoms with E-state index in [1.807, 2.05) is 0 Å². The van der Waals surface area contributed by atoms with Crippen molar-refractivity contribution in [2.24, 2.45) is 4.99 Å². The van der Waals surface area contributed by atoms with Crippen molar-refractivity contribution in [1.82, 2.24) is 5.32 Å². The maximum Gasteiger partial charge on any atom is 0.345 e. The molecule has 0 radical (unpaired) electrons. The molecule has 3 nitrogen and oxygen atoms in total. The van der Waals surface area contributed by atoms with E-state index in [1.54, 1.807) is 6.92 Å². The molecular weight excluding hydrogens is 128 g/mol. The van der Waals surface area contributed by atoms with Crippen LogP contribution >= 0.6 is 0 Å². The molecule has 0 aliphatic carbocycles. The molecule has 0 saturated carbocycles. The Hall–Kier alpha value is -1.38. The quantitative estimate of drug-likeness (QED) is 0.577. The summed E-state index contributed by atoms with van der Waals surface area (Å²) in [6.45, 7) is 8.43. The lowest BCUT2D eigenvalue weighted by molar-refractivity contribution is 0.252. The summed E-state index contributed by atoms with van der Waals surface area (Å²) >= 11 is 0. The third kappa shape index (κ3) is 3.60. The Kier molecular flexibility index (Phi) is 3.87. The van der Waals surface area contributed by atoms with Gasteiger partial charge in [0.25, 0.3) is 0 Å². The van der Waals surface area contributed by atoms with E-state index in [-0.39, 0.29) is 0 Å². The highest BCUT2D eigenvalue weighted by molar-refractivity contribution is 6.00. The number of urea groups is 1. The monoisotopic (exact) mass is 138 g/mol. The molecule has 0 unspecified atom stereocenters. The highest BCUT2D eigenvalue weighted by atomic mass is 16.2. The Morgan fingerprint density at radius 1 is 1.60 bits per heavy atom. The number of carbonyl (C=O) groups is 1. The molecule has 0 heterocycles. The molecule has 0 rings (SSSR count). The fourth-order valence-corrected chi connectivity index (χ4v) is 0.325. The highest BCUT2D eigenvalue weighted by Crippen LogP contribution is 1.79. The van der Waals surface area contributed by atoms with E-state index in [9.17, 15) is 4.79 Å². The maximum absolute atomic E-state index is 10.6. The van der Waals surface area contributed by atoms with Crippen LogP contribution in [-0.2, 0) is 0 Å². The zero-order chi connectivity index (χ0) is 7.98. The first-order valence-electron chi connectivity index (χ1n) is 2.80. The number of aliphatic imine (C=N–C) groups is 1. The number of hydrogen-bond donors (Lipinski definition) is 1. The number of carbonyl (C=O) groups excluding carboxylic acids is 1. The van der Waals surface area contributed by atoms with Gasteiger partial charge in [0.15, 0.2) is 0 Å². The van der Waals surface area contributed by atoms with Gasteiger partial charge in [-0.15, -0.1) is 0 Å². The summed E-state index contributed by atoms with van der Waals surface area (Å²) in [5.74, 6) is 0. The van der Waals surface area contributed by atoms with E-state index in [2.05, 4.69) is 23.5 Å². The Morgan fingerprint density at radius 2 is 2.20 bits per heavy atom. The van der Waals surface area contributed by atoms with Crippen molar-refractivity contribution in [3.8, 4) is 0 Å². The molecule has 0 spiro atoms. The smallest absolute Gasteiger partial charge is 0.313 e. The van der Waals surface area contributed by atoms with Gasteiger partial charge in [-0.25, -0.2) is 4.79 Å². The molecule has 1 N–H and O–H groups in total. The van der Waals surface area contributed by atoms with Crippen LogP contribution in [0.3, 0.4) is 0 Å². The van der Waals surface area contributed by atoms with Crippen LogP contribution in [0, 0.1) is 0 Å². The molecule has 54 valence electrons. The minimum absolute atomic E-state index is 0.424. The zero-order valence-corrected chi connectivity index (χ0v) is 5.92. The fourth-order valence-electron chi connectivity index (χ4n) is 0.325.